The molecule has 0 bridgehead atoms. The maximum absolute atomic E-state index is 12.1. The number of anilines is 1. The molecule has 5 nitrogen and oxygen atoms in total. The van der Waals surface area contributed by atoms with E-state index in [9.17, 15) is 13.2 Å². The van der Waals surface area contributed by atoms with Crippen LogP contribution in [0.1, 0.15) is 45.1 Å². The summed E-state index contributed by atoms with van der Waals surface area (Å²) < 4.78 is 24.2. The summed E-state index contributed by atoms with van der Waals surface area (Å²) in [5.74, 6) is 0.438. The number of carbonyl (C=O) groups is 1. The topological polar surface area (TPSA) is 66.8 Å². The predicted octanol–water partition coefficient (Wildman–Crippen LogP) is 3.21. The molecular formula is C18H24N2O3S2. The van der Waals surface area contributed by atoms with Gasteiger partial charge in [0.05, 0.1) is 17.5 Å². The van der Waals surface area contributed by atoms with Gasteiger partial charge in [0.2, 0.25) is 5.91 Å². The lowest BCUT2D eigenvalue weighted by Crippen LogP contribution is -2.38. The Hall–Kier alpha value is -1.34. The van der Waals surface area contributed by atoms with Gasteiger partial charge in [-0.15, -0.1) is 0 Å². The maximum Gasteiger partial charge on any atom is 0.248 e. The highest BCUT2D eigenvalue weighted by Gasteiger charge is 2.49. The van der Waals surface area contributed by atoms with Crippen molar-refractivity contribution < 1.29 is 13.2 Å². The quantitative estimate of drug-likeness (QED) is 0.802. The molecule has 0 aliphatic carbocycles. The van der Waals surface area contributed by atoms with Gasteiger partial charge < -0.3 is 4.90 Å². The lowest BCUT2D eigenvalue weighted by molar-refractivity contribution is -0.117. The summed E-state index contributed by atoms with van der Waals surface area (Å²) in [5, 5.41) is 0.592. The highest BCUT2D eigenvalue weighted by atomic mass is 32.2. The van der Waals surface area contributed by atoms with Crippen LogP contribution in [0.4, 0.5) is 5.69 Å². The Bertz CT molecular complexity index is 802. The van der Waals surface area contributed by atoms with E-state index in [0.29, 0.717) is 17.5 Å². The van der Waals surface area contributed by atoms with Crippen LogP contribution in [0.3, 0.4) is 0 Å². The zero-order chi connectivity index (χ0) is 18.2. The minimum atomic E-state index is -3.04. The van der Waals surface area contributed by atoms with Crippen molar-refractivity contribution in [1.29, 1.82) is 0 Å². The number of carbonyl (C=O) groups excluding carboxylic acids is 1. The molecule has 2 saturated heterocycles. The maximum atomic E-state index is 12.1. The number of thioether (sulfide) groups is 1. The monoisotopic (exact) mass is 380 g/mol. The highest BCUT2D eigenvalue weighted by molar-refractivity contribution is 8.16. The minimum absolute atomic E-state index is 0.0570. The van der Waals surface area contributed by atoms with Crippen molar-refractivity contribution >= 4 is 38.4 Å². The lowest BCUT2D eigenvalue weighted by atomic mass is 9.99. The van der Waals surface area contributed by atoms with Crippen LogP contribution < -0.4 is 4.90 Å². The van der Waals surface area contributed by atoms with E-state index >= 15 is 0 Å². The molecule has 0 saturated carbocycles. The summed E-state index contributed by atoms with van der Waals surface area (Å²) in [5.41, 5.74) is 2.11. The summed E-state index contributed by atoms with van der Waals surface area (Å²) in [6, 6.07) is 7.86. The largest absolute Gasteiger partial charge is 0.315 e. The van der Waals surface area contributed by atoms with E-state index in [1.165, 1.54) is 11.8 Å². The van der Waals surface area contributed by atoms with Crippen molar-refractivity contribution in [3.8, 4) is 0 Å². The second-order valence-corrected chi connectivity index (χ2v) is 10.3. The third kappa shape index (κ3) is 3.77. The molecule has 2 heterocycles. The fraction of sp³-hybridized carbons (Fsp3) is 0.556. The summed E-state index contributed by atoms with van der Waals surface area (Å²) in [6.07, 6.45) is 1.17. The second kappa shape index (κ2) is 7.11. The van der Waals surface area contributed by atoms with E-state index in [0.717, 1.165) is 17.7 Å². The summed E-state index contributed by atoms with van der Waals surface area (Å²) >= 11 is 1.44. The highest BCUT2D eigenvalue weighted by Crippen LogP contribution is 2.43. The molecule has 3 rings (SSSR count). The zero-order valence-electron chi connectivity index (χ0n) is 14.8. The number of fused-ring (bicyclic) bond motifs is 1. The molecule has 0 spiro atoms. The van der Waals surface area contributed by atoms with Gasteiger partial charge in [-0.05, 0) is 24.0 Å². The Labute approximate surface area is 153 Å². The van der Waals surface area contributed by atoms with Crippen molar-refractivity contribution in [2.24, 2.45) is 4.99 Å². The van der Waals surface area contributed by atoms with Crippen LogP contribution in [0, 0.1) is 0 Å². The number of amides is 1. The van der Waals surface area contributed by atoms with Gasteiger partial charge in [0.15, 0.2) is 15.0 Å². The third-order valence-corrected chi connectivity index (χ3v) is 7.78. The molecule has 2 aliphatic rings. The molecular weight excluding hydrogens is 356 g/mol. The van der Waals surface area contributed by atoms with Crippen molar-refractivity contribution in [3.05, 3.63) is 29.8 Å². The molecule has 7 heteroatoms. The Balaban J connectivity index is 2.06. The zero-order valence-corrected chi connectivity index (χ0v) is 16.4. The van der Waals surface area contributed by atoms with Gasteiger partial charge in [-0.2, -0.15) is 4.99 Å². The van der Waals surface area contributed by atoms with E-state index in [2.05, 4.69) is 24.9 Å². The number of para-hydroxylation sites is 1. The number of amidine groups is 1. The number of hydrogen-bond donors (Lipinski definition) is 0. The summed E-state index contributed by atoms with van der Waals surface area (Å²) in [4.78, 5) is 18.4. The summed E-state index contributed by atoms with van der Waals surface area (Å²) in [6.45, 7) is 6.18. The van der Waals surface area contributed by atoms with Crippen LogP contribution in [-0.4, -0.2) is 42.3 Å². The fourth-order valence-corrected chi connectivity index (χ4v) is 7.34. The molecule has 2 fully saturated rings. The molecule has 2 aliphatic heterocycles. The molecule has 0 aromatic heterocycles. The molecule has 0 N–H and O–H groups in total. The average molecular weight is 381 g/mol. The molecule has 1 aromatic rings. The van der Waals surface area contributed by atoms with Crippen LogP contribution in [0.5, 0.6) is 0 Å². The van der Waals surface area contributed by atoms with Crippen LogP contribution in [-0.2, 0) is 14.6 Å². The van der Waals surface area contributed by atoms with Crippen LogP contribution in [0.2, 0.25) is 0 Å². The molecule has 1 aromatic carbocycles. The van der Waals surface area contributed by atoms with Crippen LogP contribution in [0.25, 0.3) is 0 Å². The number of aliphatic imine (C=N–C) groups is 1. The standard InChI is InChI=1S/C18H24N2O3S2/c1-4-7-17(21)19-18-20(14-9-6-5-8-13(14)12(2)3)15-10-25(22,23)11-16(15)24-18/h5-6,8-9,12,15-16H,4,7,10-11H2,1-3H3/t15-,16-/m0/s1. The number of nitrogens with zero attached hydrogens (tertiary/aromatic N) is 2. The van der Waals surface area contributed by atoms with E-state index < -0.39 is 9.84 Å². The first kappa shape index (κ1) is 18.5. The normalized spacial score (nSPS) is 26.4. The van der Waals surface area contributed by atoms with Gasteiger partial charge >= 0.3 is 0 Å². The Morgan fingerprint density at radius 2 is 2.04 bits per heavy atom. The third-order valence-electron chi connectivity index (χ3n) is 4.57. The van der Waals surface area contributed by atoms with Gasteiger partial charge in [0.25, 0.3) is 0 Å². The summed E-state index contributed by atoms with van der Waals surface area (Å²) in [7, 11) is -3.04. The molecule has 25 heavy (non-hydrogen) atoms. The Morgan fingerprint density at radius 1 is 1.32 bits per heavy atom. The van der Waals surface area contributed by atoms with Gasteiger partial charge in [-0.3, -0.25) is 4.79 Å². The van der Waals surface area contributed by atoms with E-state index in [4.69, 9.17) is 0 Å². The first-order valence-corrected chi connectivity index (χ1v) is 11.4. The SMILES string of the molecule is CCCC(=O)N=C1S[C@H]2CS(=O)(=O)C[C@@H]2N1c1ccccc1C(C)C. The molecule has 0 unspecified atom stereocenters. The second-order valence-electron chi connectivity index (χ2n) is 6.92. The van der Waals surface area contributed by atoms with Crippen LogP contribution >= 0.6 is 11.8 Å². The van der Waals surface area contributed by atoms with E-state index in [1.807, 2.05) is 30.0 Å². The first-order valence-electron chi connectivity index (χ1n) is 8.69. The molecule has 1 amide bonds. The van der Waals surface area contributed by atoms with Gasteiger partial charge in [-0.25, -0.2) is 8.42 Å². The molecule has 2 atom stereocenters. The van der Waals surface area contributed by atoms with E-state index in [1.54, 1.807) is 0 Å². The molecule has 0 radical (unpaired) electrons. The molecule has 136 valence electrons. The minimum Gasteiger partial charge on any atom is -0.315 e. The number of hydrogen-bond acceptors (Lipinski definition) is 4. The van der Waals surface area contributed by atoms with Crippen molar-refractivity contribution in [1.82, 2.24) is 0 Å². The van der Waals surface area contributed by atoms with Crippen molar-refractivity contribution in [2.45, 2.75) is 50.8 Å². The van der Waals surface area contributed by atoms with Crippen LogP contribution in [0.15, 0.2) is 29.3 Å². The lowest BCUT2D eigenvalue weighted by Gasteiger charge is -2.28. The van der Waals surface area contributed by atoms with Gasteiger partial charge in [0, 0.05) is 17.4 Å². The first-order chi connectivity index (χ1) is 11.8. The predicted molar refractivity (Wildman–Crippen MR) is 104 cm³/mol. The average Bonchev–Trinajstić information content (AvgIpc) is 2.98. The van der Waals surface area contributed by atoms with Crippen molar-refractivity contribution in [3.63, 3.8) is 0 Å². The van der Waals surface area contributed by atoms with Crippen molar-refractivity contribution in [2.75, 3.05) is 16.4 Å². The van der Waals surface area contributed by atoms with E-state index in [-0.39, 0.29) is 28.7 Å². The number of rotatable bonds is 4. The van der Waals surface area contributed by atoms with Gasteiger partial charge in [0.1, 0.15) is 0 Å². The Kier molecular flexibility index (Phi) is 5.25. The number of benzene rings is 1. The fourth-order valence-electron chi connectivity index (χ4n) is 3.42. The Morgan fingerprint density at radius 3 is 2.72 bits per heavy atom. The smallest absolute Gasteiger partial charge is 0.248 e. The van der Waals surface area contributed by atoms with Gasteiger partial charge in [-0.1, -0.05) is 50.7 Å². The number of sulfone groups is 1.